The highest BCUT2D eigenvalue weighted by Gasteiger charge is 2.39. The Balaban J connectivity index is 2.01. The minimum absolute atomic E-state index is 0.156. The summed E-state index contributed by atoms with van der Waals surface area (Å²) in [6.45, 7) is 9.61. The maximum atomic E-state index is 13.1. The van der Waals surface area contributed by atoms with Crippen molar-refractivity contribution in [1.29, 1.82) is 0 Å². The molecule has 7 heteroatoms. The van der Waals surface area contributed by atoms with Crippen molar-refractivity contribution in [3.8, 4) is 0 Å². The largest absolute Gasteiger partial charge is 0.459 e. The van der Waals surface area contributed by atoms with Crippen molar-refractivity contribution in [2.24, 2.45) is 5.92 Å². The van der Waals surface area contributed by atoms with Crippen LogP contribution in [0.5, 0.6) is 0 Å². The van der Waals surface area contributed by atoms with E-state index >= 15 is 0 Å². The number of rotatable bonds is 6. The third kappa shape index (κ3) is 6.76. The molecule has 0 aromatic heterocycles. The number of carbonyl (C=O) groups is 3. The molecule has 2 amide bonds. The van der Waals surface area contributed by atoms with Crippen LogP contribution in [0.25, 0.3) is 0 Å². The monoisotopic (exact) mass is 404 g/mol. The first kappa shape index (κ1) is 22.7. The minimum Gasteiger partial charge on any atom is -0.459 e. The Morgan fingerprint density at radius 3 is 2.41 bits per heavy atom. The van der Waals surface area contributed by atoms with Gasteiger partial charge in [0.25, 0.3) is 0 Å². The van der Waals surface area contributed by atoms with Crippen molar-refractivity contribution in [1.82, 2.24) is 10.2 Å². The molecule has 1 aromatic rings. The summed E-state index contributed by atoms with van der Waals surface area (Å²) in [6, 6.07) is 8.01. The fraction of sp³-hybridized carbons (Fsp3) is 0.591. The molecule has 0 saturated carbocycles. The van der Waals surface area contributed by atoms with Crippen LogP contribution in [0.4, 0.5) is 4.79 Å². The lowest BCUT2D eigenvalue weighted by molar-refractivity contribution is -0.155. The molecule has 7 nitrogen and oxygen atoms in total. The average molecular weight is 405 g/mol. The summed E-state index contributed by atoms with van der Waals surface area (Å²) in [5, 5.41) is 2.66. The van der Waals surface area contributed by atoms with E-state index in [9.17, 15) is 14.4 Å². The lowest BCUT2D eigenvalue weighted by Gasteiger charge is -2.30. The number of nitrogens with one attached hydrogen (secondary N) is 1. The number of hydrogen-bond donors (Lipinski definition) is 1. The summed E-state index contributed by atoms with van der Waals surface area (Å²) >= 11 is 0. The van der Waals surface area contributed by atoms with Gasteiger partial charge in [-0.25, -0.2) is 9.59 Å². The summed E-state index contributed by atoms with van der Waals surface area (Å²) in [4.78, 5) is 39.4. The number of ether oxygens (including phenoxy) is 2. The molecule has 1 aliphatic rings. The van der Waals surface area contributed by atoms with Crippen LogP contribution in [0.15, 0.2) is 30.3 Å². The molecule has 1 aliphatic heterocycles. The van der Waals surface area contributed by atoms with E-state index in [-0.39, 0.29) is 18.4 Å². The number of alkyl carbamates (subject to hydrolysis) is 1. The van der Waals surface area contributed by atoms with Crippen molar-refractivity contribution in [3.63, 3.8) is 0 Å². The molecule has 2 rings (SSSR count). The summed E-state index contributed by atoms with van der Waals surface area (Å²) < 4.78 is 10.7. The number of benzene rings is 1. The third-order valence-corrected chi connectivity index (χ3v) is 4.64. The molecule has 1 heterocycles. The number of likely N-dealkylation sites (tertiary alicyclic amines) is 1. The van der Waals surface area contributed by atoms with Crippen LogP contribution in [0, 0.1) is 5.92 Å². The number of amides is 2. The van der Waals surface area contributed by atoms with Crippen molar-refractivity contribution in [2.75, 3.05) is 6.54 Å². The lowest BCUT2D eigenvalue weighted by Crippen LogP contribution is -2.54. The minimum atomic E-state index is -0.771. The standard InChI is InChI=1S/C22H32N2O5/c1-15(2)18(23-21(27)29-22(3,4)5)19(25)24-13-9-12-17(24)20(26)28-14-16-10-7-6-8-11-16/h6-8,10-11,15,17-18H,9,12-14H2,1-5H3,(H,23,27)/t17-,18+/m1/s1. The molecule has 0 radical (unpaired) electrons. The highest BCUT2D eigenvalue weighted by Crippen LogP contribution is 2.22. The summed E-state index contributed by atoms with van der Waals surface area (Å²) in [7, 11) is 0. The van der Waals surface area contributed by atoms with Crippen LogP contribution >= 0.6 is 0 Å². The van der Waals surface area contributed by atoms with Crippen LogP contribution in [0.2, 0.25) is 0 Å². The maximum absolute atomic E-state index is 13.1. The Morgan fingerprint density at radius 1 is 1.17 bits per heavy atom. The van der Waals surface area contributed by atoms with E-state index in [2.05, 4.69) is 5.32 Å². The molecular weight excluding hydrogens is 372 g/mol. The van der Waals surface area contributed by atoms with Crippen molar-refractivity contribution < 1.29 is 23.9 Å². The van der Waals surface area contributed by atoms with Crippen LogP contribution in [-0.2, 0) is 25.7 Å². The van der Waals surface area contributed by atoms with Gasteiger partial charge in [-0.3, -0.25) is 4.79 Å². The average Bonchev–Trinajstić information content (AvgIpc) is 3.12. The second kappa shape index (κ2) is 9.76. The molecule has 160 valence electrons. The van der Waals surface area contributed by atoms with E-state index < -0.39 is 29.7 Å². The molecule has 0 aliphatic carbocycles. The highest BCUT2D eigenvalue weighted by atomic mass is 16.6. The summed E-state index contributed by atoms with van der Waals surface area (Å²) in [5.41, 5.74) is 0.231. The maximum Gasteiger partial charge on any atom is 0.408 e. The van der Waals surface area contributed by atoms with Gasteiger partial charge < -0.3 is 19.7 Å². The zero-order chi connectivity index (χ0) is 21.6. The quantitative estimate of drug-likeness (QED) is 0.736. The molecule has 29 heavy (non-hydrogen) atoms. The van der Waals surface area contributed by atoms with Gasteiger partial charge in [-0.05, 0) is 45.1 Å². The van der Waals surface area contributed by atoms with Crippen LogP contribution in [0.1, 0.15) is 53.0 Å². The SMILES string of the molecule is CC(C)[C@H](NC(=O)OC(C)(C)C)C(=O)N1CCC[C@@H]1C(=O)OCc1ccccc1. The molecular formula is C22H32N2O5. The fourth-order valence-corrected chi connectivity index (χ4v) is 3.23. The highest BCUT2D eigenvalue weighted by molar-refractivity contribution is 5.90. The first-order valence-electron chi connectivity index (χ1n) is 10.1. The summed E-state index contributed by atoms with van der Waals surface area (Å²) in [5.74, 6) is -0.860. The van der Waals surface area contributed by atoms with Gasteiger partial charge in [-0.15, -0.1) is 0 Å². The lowest BCUT2D eigenvalue weighted by atomic mass is 10.0. The zero-order valence-electron chi connectivity index (χ0n) is 17.9. The van der Waals surface area contributed by atoms with Crippen molar-refractivity contribution in [2.45, 2.75) is 71.8 Å². The molecule has 1 N–H and O–H groups in total. The van der Waals surface area contributed by atoms with Crippen molar-refractivity contribution >= 4 is 18.0 Å². The zero-order valence-corrected chi connectivity index (χ0v) is 17.9. The third-order valence-electron chi connectivity index (χ3n) is 4.64. The van der Waals surface area contributed by atoms with Gasteiger partial charge >= 0.3 is 12.1 Å². The Morgan fingerprint density at radius 2 is 1.83 bits per heavy atom. The van der Waals surface area contributed by atoms with Gasteiger partial charge in [0, 0.05) is 6.54 Å². The van der Waals surface area contributed by atoms with Crippen LogP contribution < -0.4 is 5.32 Å². The smallest absolute Gasteiger partial charge is 0.408 e. The molecule has 1 aromatic carbocycles. The molecule has 2 atom stereocenters. The van der Waals surface area contributed by atoms with E-state index in [0.717, 1.165) is 5.56 Å². The molecule has 0 bridgehead atoms. The second-order valence-corrected chi connectivity index (χ2v) is 8.65. The predicted octanol–water partition coefficient (Wildman–Crippen LogP) is 3.27. The van der Waals surface area contributed by atoms with Crippen LogP contribution in [0.3, 0.4) is 0 Å². The first-order chi connectivity index (χ1) is 13.6. The molecule has 1 fully saturated rings. The van der Waals surface area contributed by atoms with Gasteiger partial charge in [-0.2, -0.15) is 0 Å². The van der Waals surface area contributed by atoms with Gasteiger partial charge in [0.05, 0.1) is 0 Å². The normalized spacial score (nSPS) is 17.7. The number of carbonyl (C=O) groups excluding carboxylic acids is 3. The molecule has 0 unspecified atom stereocenters. The first-order valence-corrected chi connectivity index (χ1v) is 10.1. The van der Waals surface area contributed by atoms with Gasteiger partial charge in [0.2, 0.25) is 5.91 Å². The fourth-order valence-electron chi connectivity index (χ4n) is 3.23. The Labute approximate surface area is 172 Å². The van der Waals surface area contributed by atoms with Crippen LogP contribution in [-0.4, -0.2) is 47.1 Å². The van der Waals surface area contributed by atoms with E-state index in [1.165, 1.54) is 4.90 Å². The number of nitrogens with zero attached hydrogens (tertiary/aromatic N) is 1. The topological polar surface area (TPSA) is 84.9 Å². The van der Waals surface area contributed by atoms with Gasteiger partial charge in [0.15, 0.2) is 0 Å². The van der Waals surface area contributed by atoms with Gasteiger partial charge in [0.1, 0.15) is 24.3 Å². The van der Waals surface area contributed by atoms with Gasteiger partial charge in [-0.1, -0.05) is 44.2 Å². The second-order valence-electron chi connectivity index (χ2n) is 8.65. The van der Waals surface area contributed by atoms with Crippen molar-refractivity contribution in [3.05, 3.63) is 35.9 Å². The summed E-state index contributed by atoms with van der Waals surface area (Å²) in [6.07, 6.45) is 0.622. The number of hydrogen-bond acceptors (Lipinski definition) is 5. The van der Waals surface area contributed by atoms with E-state index in [1.807, 2.05) is 44.2 Å². The predicted molar refractivity (Wildman–Crippen MR) is 109 cm³/mol. The molecule has 1 saturated heterocycles. The number of esters is 1. The van der Waals surface area contributed by atoms with E-state index in [0.29, 0.717) is 19.4 Å². The Kier molecular flexibility index (Phi) is 7.65. The molecule has 0 spiro atoms. The Bertz CT molecular complexity index is 712. The Hall–Kier alpha value is -2.57. The van der Waals surface area contributed by atoms with E-state index in [4.69, 9.17) is 9.47 Å². The van der Waals surface area contributed by atoms with E-state index in [1.54, 1.807) is 20.8 Å².